The predicted octanol–water partition coefficient (Wildman–Crippen LogP) is 2.49. The molecule has 0 bridgehead atoms. The largest absolute Gasteiger partial charge is 0.481 e. The molecular weight excluding hydrogens is 208 g/mol. The predicted molar refractivity (Wildman–Crippen MR) is 58.7 cm³/mol. The van der Waals surface area contributed by atoms with Gasteiger partial charge in [-0.15, -0.1) is 0 Å². The molecule has 1 fully saturated rings. The van der Waals surface area contributed by atoms with Crippen LogP contribution in [0.15, 0.2) is 12.3 Å². The van der Waals surface area contributed by atoms with Crippen LogP contribution >= 0.6 is 0 Å². The first-order valence-electron chi connectivity index (χ1n) is 5.76. The van der Waals surface area contributed by atoms with Crippen LogP contribution < -0.4 is 0 Å². The molecule has 0 aliphatic heterocycles. The maximum atomic E-state index is 11.1. The lowest BCUT2D eigenvalue weighted by Crippen LogP contribution is -2.06. The summed E-state index contributed by atoms with van der Waals surface area (Å²) in [5.74, 6) is -0.941. The van der Waals surface area contributed by atoms with E-state index in [0.29, 0.717) is 5.92 Å². The molecule has 1 saturated carbocycles. The highest BCUT2D eigenvalue weighted by molar-refractivity contribution is 5.76. The van der Waals surface area contributed by atoms with Gasteiger partial charge in [-0.05, 0) is 24.8 Å². The average molecular weight is 226 g/mol. The lowest BCUT2D eigenvalue weighted by molar-refractivity contribution is -0.144. The first-order chi connectivity index (χ1) is 7.68. The number of hydrogen-bond acceptors (Lipinski definition) is 3. The van der Waals surface area contributed by atoms with Gasteiger partial charge >= 0.3 is 11.9 Å². The van der Waals surface area contributed by atoms with E-state index in [1.54, 1.807) is 0 Å². The van der Waals surface area contributed by atoms with Crippen molar-refractivity contribution in [3.63, 3.8) is 0 Å². The molecule has 0 aromatic heterocycles. The summed E-state index contributed by atoms with van der Waals surface area (Å²) in [4.78, 5) is 21.3. The van der Waals surface area contributed by atoms with Gasteiger partial charge < -0.3 is 9.84 Å². The van der Waals surface area contributed by atoms with Crippen LogP contribution in [0.2, 0.25) is 0 Å². The number of aliphatic carboxylic acids is 1. The third-order valence-electron chi connectivity index (χ3n) is 2.74. The number of hydrogen-bond donors (Lipinski definition) is 1. The molecular formula is C12H18O4. The van der Waals surface area contributed by atoms with E-state index in [4.69, 9.17) is 9.84 Å². The minimum Gasteiger partial charge on any atom is -0.481 e. The molecule has 1 rings (SSSR count). The molecule has 0 aromatic carbocycles. The standard InChI is InChI=1S/C12H18O4/c13-11(14)6-7-12(15)16-9-8-10-4-2-1-3-5-10/h8-10H,1-7H2,(H,13,14). The fraction of sp³-hybridized carbons (Fsp3) is 0.667. The Morgan fingerprint density at radius 2 is 1.88 bits per heavy atom. The van der Waals surface area contributed by atoms with E-state index in [-0.39, 0.29) is 12.8 Å². The van der Waals surface area contributed by atoms with Gasteiger partial charge in [0.15, 0.2) is 0 Å². The van der Waals surface area contributed by atoms with Crippen molar-refractivity contribution in [2.24, 2.45) is 5.92 Å². The van der Waals surface area contributed by atoms with Crippen molar-refractivity contribution in [1.82, 2.24) is 0 Å². The van der Waals surface area contributed by atoms with Crippen molar-refractivity contribution < 1.29 is 19.4 Å². The van der Waals surface area contributed by atoms with Crippen molar-refractivity contribution in [2.75, 3.05) is 0 Å². The highest BCUT2D eigenvalue weighted by Gasteiger charge is 2.10. The Balaban J connectivity index is 2.14. The molecule has 4 nitrogen and oxygen atoms in total. The normalized spacial score (nSPS) is 17.5. The van der Waals surface area contributed by atoms with Gasteiger partial charge in [0.25, 0.3) is 0 Å². The Hall–Kier alpha value is -1.32. The van der Waals surface area contributed by atoms with E-state index in [1.807, 2.05) is 6.08 Å². The Morgan fingerprint density at radius 3 is 2.50 bits per heavy atom. The van der Waals surface area contributed by atoms with Crippen LogP contribution in [0.4, 0.5) is 0 Å². The monoisotopic (exact) mass is 226 g/mol. The number of carboxylic acids is 1. The van der Waals surface area contributed by atoms with E-state index >= 15 is 0 Å². The summed E-state index contributed by atoms with van der Waals surface area (Å²) < 4.78 is 4.81. The van der Waals surface area contributed by atoms with Crippen LogP contribution in [0.1, 0.15) is 44.9 Å². The quantitative estimate of drug-likeness (QED) is 0.577. The maximum absolute atomic E-state index is 11.1. The summed E-state index contributed by atoms with van der Waals surface area (Å²) in [6, 6.07) is 0. The molecule has 1 aliphatic rings. The Kier molecular flexibility index (Phi) is 5.61. The summed E-state index contributed by atoms with van der Waals surface area (Å²) in [6.45, 7) is 0. The van der Waals surface area contributed by atoms with Crippen LogP contribution in [-0.4, -0.2) is 17.0 Å². The summed E-state index contributed by atoms with van der Waals surface area (Å²) in [5.41, 5.74) is 0. The summed E-state index contributed by atoms with van der Waals surface area (Å²) >= 11 is 0. The third-order valence-corrected chi connectivity index (χ3v) is 2.74. The fourth-order valence-corrected chi connectivity index (χ4v) is 1.82. The molecule has 0 saturated heterocycles. The van der Waals surface area contributed by atoms with Crippen molar-refractivity contribution in [2.45, 2.75) is 44.9 Å². The van der Waals surface area contributed by atoms with Crippen LogP contribution in [0, 0.1) is 5.92 Å². The second-order valence-corrected chi connectivity index (χ2v) is 4.11. The van der Waals surface area contributed by atoms with E-state index in [1.165, 1.54) is 25.5 Å². The minimum atomic E-state index is -0.979. The Labute approximate surface area is 95.3 Å². The van der Waals surface area contributed by atoms with Crippen molar-refractivity contribution >= 4 is 11.9 Å². The van der Waals surface area contributed by atoms with Crippen LogP contribution in [0.5, 0.6) is 0 Å². The minimum absolute atomic E-state index is 0.0651. The molecule has 0 unspecified atom stereocenters. The third kappa shape index (κ3) is 5.53. The topological polar surface area (TPSA) is 63.6 Å². The molecule has 0 amide bonds. The SMILES string of the molecule is O=C(O)CCC(=O)OC=CC1CCCCC1. The van der Waals surface area contributed by atoms with Gasteiger partial charge in [0.1, 0.15) is 0 Å². The Morgan fingerprint density at radius 1 is 1.19 bits per heavy atom. The van der Waals surface area contributed by atoms with Gasteiger partial charge in [-0.25, -0.2) is 0 Å². The highest BCUT2D eigenvalue weighted by atomic mass is 16.5. The van der Waals surface area contributed by atoms with Crippen molar-refractivity contribution in [3.8, 4) is 0 Å². The molecule has 1 N–H and O–H groups in total. The molecule has 90 valence electrons. The first-order valence-corrected chi connectivity index (χ1v) is 5.76. The molecule has 0 aromatic rings. The summed E-state index contributed by atoms with van der Waals surface area (Å²) in [6.07, 6.45) is 9.18. The van der Waals surface area contributed by atoms with E-state index in [9.17, 15) is 9.59 Å². The second kappa shape index (κ2) is 7.04. The molecule has 0 heterocycles. The molecule has 4 heteroatoms. The van der Waals surface area contributed by atoms with E-state index in [0.717, 1.165) is 12.8 Å². The lowest BCUT2D eigenvalue weighted by atomic mass is 9.89. The van der Waals surface area contributed by atoms with Crippen LogP contribution in [0.3, 0.4) is 0 Å². The summed E-state index contributed by atoms with van der Waals surface area (Å²) in [7, 11) is 0. The number of rotatable bonds is 5. The lowest BCUT2D eigenvalue weighted by Gasteiger charge is -2.17. The van der Waals surface area contributed by atoms with Crippen LogP contribution in [-0.2, 0) is 14.3 Å². The second-order valence-electron chi connectivity index (χ2n) is 4.11. The van der Waals surface area contributed by atoms with Gasteiger partial charge in [-0.2, -0.15) is 0 Å². The molecule has 0 atom stereocenters. The maximum Gasteiger partial charge on any atom is 0.311 e. The number of esters is 1. The number of allylic oxidation sites excluding steroid dienone is 1. The smallest absolute Gasteiger partial charge is 0.311 e. The first kappa shape index (κ1) is 12.7. The van der Waals surface area contributed by atoms with Gasteiger partial charge in [0.05, 0.1) is 19.1 Å². The number of carbonyl (C=O) groups is 2. The van der Waals surface area contributed by atoms with Gasteiger partial charge in [-0.3, -0.25) is 9.59 Å². The molecule has 0 spiro atoms. The van der Waals surface area contributed by atoms with Crippen molar-refractivity contribution in [1.29, 1.82) is 0 Å². The average Bonchev–Trinajstić information content (AvgIpc) is 2.28. The van der Waals surface area contributed by atoms with Gasteiger partial charge in [0, 0.05) is 0 Å². The zero-order valence-corrected chi connectivity index (χ0v) is 9.35. The van der Waals surface area contributed by atoms with Gasteiger partial charge in [0.2, 0.25) is 0 Å². The van der Waals surface area contributed by atoms with Crippen LogP contribution in [0.25, 0.3) is 0 Å². The fourth-order valence-electron chi connectivity index (χ4n) is 1.82. The number of carboxylic acid groups (broad SMARTS) is 1. The van der Waals surface area contributed by atoms with Gasteiger partial charge in [-0.1, -0.05) is 19.3 Å². The Bertz CT molecular complexity index is 264. The highest BCUT2D eigenvalue weighted by Crippen LogP contribution is 2.24. The van der Waals surface area contributed by atoms with E-state index in [2.05, 4.69) is 0 Å². The number of carbonyl (C=O) groups excluding carboxylic acids is 1. The molecule has 16 heavy (non-hydrogen) atoms. The molecule has 0 radical (unpaired) electrons. The number of ether oxygens (including phenoxy) is 1. The van der Waals surface area contributed by atoms with E-state index < -0.39 is 11.9 Å². The molecule has 1 aliphatic carbocycles. The zero-order valence-electron chi connectivity index (χ0n) is 9.35. The summed E-state index contributed by atoms with van der Waals surface area (Å²) in [5, 5.41) is 8.37. The van der Waals surface area contributed by atoms with Crippen molar-refractivity contribution in [3.05, 3.63) is 12.3 Å². The zero-order chi connectivity index (χ0) is 11.8.